The zero-order valence-corrected chi connectivity index (χ0v) is 17.3. The second-order valence-electron chi connectivity index (χ2n) is 7.75. The highest BCUT2D eigenvalue weighted by Crippen LogP contribution is 2.59. The predicted octanol–water partition coefficient (Wildman–Crippen LogP) is 5.41. The Labute approximate surface area is 176 Å². The molecule has 1 unspecified atom stereocenters. The zero-order chi connectivity index (χ0) is 20.4. The van der Waals surface area contributed by atoms with Crippen LogP contribution in [-0.2, 0) is 10.2 Å². The molecular weight excluding hydrogens is 380 g/mol. The van der Waals surface area contributed by atoms with E-state index in [-0.39, 0.29) is 17.2 Å². The van der Waals surface area contributed by atoms with Crippen molar-refractivity contribution in [1.82, 2.24) is 5.43 Å². The topological polar surface area (TPSA) is 41.5 Å². The maximum Gasteiger partial charge on any atom is 0.244 e. The molecule has 1 atom stereocenters. The normalized spacial score (nSPS) is 17.3. The molecule has 1 N–H and O–H groups in total. The first kappa shape index (κ1) is 19.4. The van der Waals surface area contributed by atoms with Crippen molar-refractivity contribution in [2.24, 2.45) is 11.0 Å². The minimum atomic E-state index is -0.294. The summed E-state index contributed by atoms with van der Waals surface area (Å²) in [6, 6.07) is 24.2. The van der Waals surface area contributed by atoms with Crippen LogP contribution in [0.25, 0.3) is 0 Å². The number of carbonyl (C=O) groups excluding carboxylic acids is 1. The number of amides is 1. The molecule has 3 aromatic carbocycles. The van der Waals surface area contributed by atoms with Gasteiger partial charge in [0, 0.05) is 10.4 Å². The minimum Gasteiger partial charge on any atom is -0.273 e. The fraction of sp³-hybridized carbons (Fsp3) is 0.200. The summed E-state index contributed by atoms with van der Waals surface area (Å²) in [6.07, 6.45) is 2.42. The number of benzene rings is 3. The van der Waals surface area contributed by atoms with Crippen molar-refractivity contribution in [3.8, 4) is 0 Å². The van der Waals surface area contributed by atoms with Crippen LogP contribution in [0.4, 0.5) is 0 Å². The first-order valence-electron chi connectivity index (χ1n) is 9.72. The van der Waals surface area contributed by atoms with Gasteiger partial charge >= 0.3 is 0 Å². The van der Waals surface area contributed by atoms with Crippen molar-refractivity contribution in [1.29, 1.82) is 0 Å². The van der Waals surface area contributed by atoms with E-state index in [9.17, 15) is 4.79 Å². The average molecular weight is 403 g/mol. The lowest BCUT2D eigenvalue weighted by Gasteiger charge is -2.19. The van der Waals surface area contributed by atoms with Crippen LogP contribution in [-0.4, -0.2) is 12.1 Å². The van der Waals surface area contributed by atoms with Crippen molar-refractivity contribution < 1.29 is 4.79 Å². The zero-order valence-electron chi connectivity index (χ0n) is 16.5. The van der Waals surface area contributed by atoms with Crippen LogP contribution in [0.2, 0.25) is 5.02 Å². The number of hydrogen-bond donors (Lipinski definition) is 1. The van der Waals surface area contributed by atoms with Gasteiger partial charge in [0.25, 0.3) is 0 Å². The van der Waals surface area contributed by atoms with E-state index >= 15 is 0 Å². The highest BCUT2D eigenvalue weighted by molar-refractivity contribution is 6.30. The molecule has 3 aromatic rings. The Morgan fingerprint density at radius 3 is 2.14 bits per heavy atom. The Morgan fingerprint density at radius 1 is 1.00 bits per heavy atom. The predicted molar refractivity (Wildman–Crippen MR) is 118 cm³/mol. The molecule has 4 rings (SSSR count). The van der Waals surface area contributed by atoms with Gasteiger partial charge in [0.2, 0.25) is 5.91 Å². The van der Waals surface area contributed by atoms with Crippen molar-refractivity contribution in [2.75, 3.05) is 0 Å². The number of hydrazone groups is 1. The summed E-state index contributed by atoms with van der Waals surface area (Å²) < 4.78 is 0. The summed E-state index contributed by atoms with van der Waals surface area (Å²) in [4.78, 5) is 12.9. The van der Waals surface area contributed by atoms with Crippen LogP contribution in [0.5, 0.6) is 0 Å². The third-order valence-electron chi connectivity index (χ3n) is 5.60. The maximum atomic E-state index is 12.9. The van der Waals surface area contributed by atoms with E-state index in [1.165, 1.54) is 22.3 Å². The van der Waals surface area contributed by atoms with E-state index in [2.05, 4.69) is 72.9 Å². The van der Waals surface area contributed by atoms with E-state index in [1.54, 1.807) is 18.3 Å². The fourth-order valence-electron chi connectivity index (χ4n) is 4.03. The number of rotatable bonds is 5. The van der Waals surface area contributed by atoms with Crippen molar-refractivity contribution in [3.63, 3.8) is 0 Å². The molecule has 0 saturated heterocycles. The number of nitrogens with one attached hydrogen (secondary N) is 1. The molecule has 3 nitrogen and oxygen atoms in total. The van der Waals surface area contributed by atoms with Crippen LogP contribution < -0.4 is 5.43 Å². The van der Waals surface area contributed by atoms with Gasteiger partial charge in [-0.2, -0.15) is 5.10 Å². The van der Waals surface area contributed by atoms with Gasteiger partial charge in [-0.05, 0) is 49.1 Å². The quantitative estimate of drug-likeness (QED) is 0.449. The molecule has 29 heavy (non-hydrogen) atoms. The monoisotopic (exact) mass is 402 g/mol. The van der Waals surface area contributed by atoms with E-state index in [0.717, 1.165) is 12.0 Å². The van der Waals surface area contributed by atoms with Crippen molar-refractivity contribution in [2.45, 2.75) is 25.7 Å². The lowest BCUT2D eigenvalue weighted by atomic mass is 9.84. The summed E-state index contributed by atoms with van der Waals surface area (Å²) in [6.45, 7) is 4.17. The number of aryl methyl sites for hydroxylation is 2. The van der Waals surface area contributed by atoms with E-state index in [1.807, 2.05) is 12.1 Å². The van der Waals surface area contributed by atoms with E-state index < -0.39 is 0 Å². The first-order valence-corrected chi connectivity index (χ1v) is 10.1. The SMILES string of the molecule is Cc1cccc(C2(c3cccc(C)c3)CC2C(=O)N/N=C/c2ccc(Cl)cc2)c1. The summed E-state index contributed by atoms with van der Waals surface area (Å²) in [5, 5.41) is 4.82. The van der Waals surface area contributed by atoms with Crippen LogP contribution in [0.3, 0.4) is 0 Å². The Balaban J connectivity index is 1.58. The molecule has 1 aliphatic carbocycles. The lowest BCUT2D eigenvalue weighted by Crippen LogP contribution is -2.25. The van der Waals surface area contributed by atoms with Crippen molar-refractivity contribution >= 4 is 23.7 Å². The molecule has 1 aliphatic rings. The van der Waals surface area contributed by atoms with Crippen LogP contribution in [0.1, 0.15) is 34.2 Å². The van der Waals surface area contributed by atoms with Crippen LogP contribution >= 0.6 is 11.6 Å². The third kappa shape index (κ3) is 3.96. The van der Waals surface area contributed by atoms with Gasteiger partial charge in [-0.3, -0.25) is 4.79 Å². The fourth-order valence-corrected chi connectivity index (χ4v) is 4.15. The summed E-state index contributed by atoms with van der Waals surface area (Å²) in [7, 11) is 0. The lowest BCUT2D eigenvalue weighted by molar-refractivity contribution is -0.122. The molecule has 0 radical (unpaired) electrons. The third-order valence-corrected chi connectivity index (χ3v) is 5.85. The molecule has 0 spiro atoms. The largest absolute Gasteiger partial charge is 0.273 e. The number of carbonyl (C=O) groups is 1. The van der Waals surface area contributed by atoms with Gasteiger partial charge in [-0.1, -0.05) is 83.4 Å². The summed E-state index contributed by atoms with van der Waals surface area (Å²) >= 11 is 5.90. The van der Waals surface area contributed by atoms with Gasteiger partial charge in [-0.25, -0.2) is 5.43 Å². The molecule has 1 saturated carbocycles. The molecule has 0 aliphatic heterocycles. The Hall–Kier alpha value is -2.91. The summed E-state index contributed by atoms with van der Waals surface area (Å²) in [5.41, 5.74) is 8.08. The Bertz CT molecular complexity index is 1030. The standard InChI is InChI=1S/C25H23ClN2O/c1-17-5-3-7-20(13-17)25(21-8-4-6-18(2)14-21)15-23(25)24(29)28-27-16-19-9-11-22(26)12-10-19/h3-14,16,23H,15H2,1-2H3,(H,28,29)/b27-16+. The van der Waals surface area contributed by atoms with E-state index in [4.69, 9.17) is 11.6 Å². The second kappa shape index (κ2) is 7.84. The highest BCUT2D eigenvalue weighted by atomic mass is 35.5. The van der Waals surface area contributed by atoms with Gasteiger partial charge in [0.15, 0.2) is 0 Å². The first-order chi connectivity index (χ1) is 14.0. The molecule has 1 amide bonds. The average Bonchev–Trinajstić information content (AvgIpc) is 3.47. The van der Waals surface area contributed by atoms with E-state index in [0.29, 0.717) is 5.02 Å². The number of nitrogens with zero attached hydrogens (tertiary/aromatic N) is 1. The van der Waals surface area contributed by atoms with Gasteiger partial charge in [0.05, 0.1) is 12.1 Å². The molecule has 0 heterocycles. The van der Waals surface area contributed by atoms with Gasteiger partial charge in [0.1, 0.15) is 0 Å². The second-order valence-corrected chi connectivity index (χ2v) is 8.19. The number of hydrogen-bond acceptors (Lipinski definition) is 2. The maximum absolute atomic E-state index is 12.9. The van der Waals surface area contributed by atoms with Gasteiger partial charge in [-0.15, -0.1) is 0 Å². The van der Waals surface area contributed by atoms with Crippen LogP contribution in [0, 0.1) is 19.8 Å². The summed E-state index contributed by atoms with van der Waals surface area (Å²) in [5.74, 6) is -0.202. The highest BCUT2D eigenvalue weighted by Gasteiger charge is 2.60. The molecule has 0 bridgehead atoms. The smallest absolute Gasteiger partial charge is 0.244 e. The Morgan fingerprint density at radius 2 is 1.59 bits per heavy atom. The van der Waals surface area contributed by atoms with Crippen molar-refractivity contribution in [3.05, 3.63) is 106 Å². The molecule has 1 fully saturated rings. The Kier molecular flexibility index (Phi) is 5.25. The molecular formula is C25H23ClN2O. The molecule has 4 heteroatoms. The minimum absolute atomic E-state index is 0.0572. The van der Waals surface area contributed by atoms with Gasteiger partial charge < -0.3 is 0 Å². The molecule has 0 aromatic heterocycles. The molecule has 146 valence electrons. The van der Waals surface area contributed by atoms with Crippen LogP contribution in [0.15, 0.2) is 77.9 Å². The number of halogens is 1.